The molecule has 0 atom stereocenters. The van der Waals surface area contributed by atoms with Gasteiger partial charge >= 0.3 is 0 Å². The second-order valence-electron chi connectivity index (χ2n) is 14.3. The summed E-state index contributed by atoms with van der Waals surface area (Å²) >= 11 is 0. The lowest BCUT2D eigenvalue weighted by molar-refractivity contribution is 0.668. The van der Waals surface area contributed by atoms with E-state index in [0.29, 0.717) is 17.5 Å². The van der Waals surface area contributed by atoms with Crippen molar-refractivity contribution >= 4 is 65.8 Å². The summed E-state index contributed by atoms with van der Waals surface area (Å²) in [4.78, 5) is 15.6. The molecule has 0 aliphatic carbocycles. The molecule has 12 aromatic rings. The molecule has 0 radical (unpaired) electrons. The monoisotopic (exact) mass is 731 g/mol. The average molecular weight is 732 g/mol. The van der Waals surface area contributed by atoms with Gasteiger partial charge in [0.2, 0.25) is 0 Å². The number of furan rings is 3. The van der Waals surface area contributed by atoms with E-state index in [0.717, 1.165) is 105 Å². The van der Waals surface area contributed by atoms with Crippen molar-refractivity contribution in [3.63, 3.8) is 0 Å². The summed E-state index contributed by atoms with van der Waals surface area (Å²) < 4.78 is 19.2. The molecule has 0 saturated carbocycles. The normalized spacial score (nSPS) is 11.9. The van der Waals surface area contributed by atoms with Crippen molar-refractivity contribution < 1.29 is 13.3 Å². The quantitative estimate of drug-likeness (QED) is 0.175. The Labute approximate surface area is 325 Å². The summed E-state index contributed by atoms with van der Waals surface area (Å²) in [5.41, 5.74) is 11.6. The van der Waals surface area contributed by atoms with Gasteiger partial charge in [-0.1, -0.05) is 115 Å². The molecule has 6 nitrogen and oxygen atoms in total. The molecule has 266 valence electrons. The first-order chi connectivity index (χ1) is 28.2. The van der Waals surface area contributed by atoms with Crippen LogP contribution in [0.4, 0.5) is 0 Å². The van der Waals surface area contributed by atoms with Crippen molar-refractivity contribution in [2.45, 2.75) is 0 Å². The molecule has 0 aliphatic heterocycles. The van der Waals surface area contributed by atoms with Crippen molar-refractivity contribution in [2.24, 2.45) is 0 Å². The lowest BCUT2D eigenvalue weighted by atomic mass is 9.97. The number of fused-ring (bicyclic) bond motifs is 9. The Morgan fingerprint density at radius 1 is 0.281 bits per heavy atom. The second kappa shape index (κ2) is 12.3. The fourth-order valence-electron chi connectivity index (χ4n) is 8.22. The van der Waals surface area contributed by atoms with Gasteiger partial charge in [-0.2, -0.15) is 0 Å². The third kappa shape index (κ3) is 5.08. The van der Waals surface area contributed by atoms with Crippen LogP contribution in [0, 0.1) is 0 Å². The number of hydrogen-bond acceptors (Lipinski definition) is 6. The van der Waals surface area contributed by atoms with Gasteiger partial charge in [-0.05, 0) is 77.4 Å². The summed E-state index contributed by atoms with van der Waals surface area (Å²) in [7, 11) is 0. The molecule has 0 fully saturated rings. The lowest BCUT2D eigenvalue weighted by Crippen LogP contribution is -2.01. The Bertz CT molecular complexity index is 3540. The lowest BCUT2D eigenvalue weighted by Gasteiger charge is -2.11. The Morgan fingerprint density at radius 3 is 1.61 bits per heavy atom. The molecule has 0 unspecified atom stereocenters. The maximum atomic E-state index is 6.75. The molecule has 0 amide bonds. The first kappa shape index (κ1) is 31.5. The van der Waals surface area contributed by atoms with Crippen molar-refractivity contribution in [1.29, 1.82) is 0 Å². The van der Waals surface area contributed by atoms with Gasteiger partial charge in [0.15, 0.2) is 17.5 Å². The average Bonchev–Trinajstić information content (AvgIpc) is 3.97. The van der Waals surface area contributed by atoms with E-state index in [2.05, 4.69) is 103 Å². The van der Waals surface area contributed by atoms with Crippen LogP contribution in [0.3, 0.4) is 0 Å². The van der Waals surface area contributed by atoms with Crippen molar-refractivity contribution in [1.82, 2.24) is 15.0 Å². The first-order valence-electron chi connectivity index (χ1n) is 18.9. The van der Waals surface area contributed by atoms with E-state index in [9.17, 15) is 0 Å². The number of para-hydroxylation sites is 3. The molecule has 0 spiro atoms. The number of aromatic nitrogens is 3. The third-order valence-corrected chi connectivity index (χ3v) is 11.0. The van der Waals surface area contributed by atoms with Crippen LogP contribution >= 0.6 is 0 Å². The van der Waals surface area contributed by atoms with Gasteiger partial charge in [-0.25, -0.2) is 15.0 Å². The van der Waals surface area contributed by atoms with Crippen LogP contribution in [0.25, 0.3) is 122 Å². The first-order valence-corrected chi connectivity index (χ1v) is 18.9. The Kier molecular flexibility index (Phi) is 6.83. The van der Waals surface area contributed by atoms with E-state index < -0.39 is 0 Å². The third-order valence-electron chi connectivity index (χ3n) is 11.0. The van der Waals surface area contributed by atoms with Crippen molar-refractivity contribution in [3.8, 4) is 56.4 Å². The largest absolute Gasteiger partial charge is 0.456 e. The van der Waals surface area contributed by atoms with Crippen LogP contribution in [-0.4, -0.2) is 15.0 Å². The predicted octanol–water partition coefficient (Wildman–Crippen LogP) is 13.9. The van der Waals surface area contributed by atoms with Crippen molar-refractivity contribution in [2.75, 3.05) is 0 Å². The molecule has 6 heteroatoms. The fourth-order valence-corrected chi connectivity index (χ4v) is 8.22. The number of hydrogen-bond donors (Lipinski definition) is 0. The van der Waals surface area contributed by atoms with Gasteiger partial charge < -0.3 is 13.3 Å². The zero-order chi connectivity index (χ0) is 37.5. The second-order valence-corrected chi connectivity index (χ2v) is 14.3. The van der Waals surface area contributed by atoms with Crippen LogP contribution in [0.2, 0.25) is 0 Å². The van der Waals surface area contributed by atoms with Crippen LogP contribution in [0.1, 0.15) is 0 Å². The van der Waals surface area contributed by atoms with E-state index in [4.69, 9.17) is 28.2 Å². The highest BCUT2D eigenvalue weighted by Crippen LogP contribution is 2.43. The minimum atomic E-state index is 0.546. The van der Waals surface area contributed by atoms with Crippen LogP contribution in [0.15, 0.2) is 189 Å². The minimum Gasteiger partial charge on any atom is -0.456 e. The zero-order valence-electron chi connectivity index (χ0n) is 30.3. The summed E-state index contributed by atoms with van der Waals surface area (Å²) in [5, 5.41) is 6.18. The summed E-state index contributed by atoms with van der Waals surface area (Å²) in [6.07, 6.45) is 0. The molecule has 4 aromatic heterocycles. The standard InChI is InChI=1S/C51H29N3O3/c1-2-11-30(12-3-1)31-13-10-14-33(27-31)49-52-50(34-21-23-38-36-15-4-7-18-42(36)56-46(38)29-34)54-51(53-49)40-25-24-35(48-47(40)39-17-6-9-20-44(39)57-48)32-22-26-45-41(28-32)37-16-5-8-19-43(37)55-45/h1-29H. The minimum absolute atomic E-state index is 0.546. The topological polar surface area (TPSA) is 78.1 Å². The number of nitrogens with zero attached hydrogens (tertiary/aromatic N) is 3. The van der Waals surface area contributed by atoms with Gasteiger partial charge in [0, 0.05) is 54.6 Å². The summed E-state index contributed by atoms with van der Waals surface area (Å²) in [6, 6.07) is 59.8. The fraction of sp³-hybridized carbons (Fsp3) is 0. The molecule has 57 heavy (non-hydrogen) atoms. The van der Waals surface area contributed by atoms with E-state index in [1.165, 1.54) is 0 Å². The highest BCUT2D eigenvalue weighted by atomic mass is 16.3. The molecule has 8 aromatic carbocycles. The van der Waals surface area contributed by atoms with Gasteiger partial charge in [0.25, 0.3) is 0 Å². The smallest absolute Gasteiger partial charge is 0.164 e. The number of benzene rings is 8. The van der Waals surface area contributed by atoms with E-state index in [1.807, 2.05) is 72.8 Å². The maximum absolute atomic E-state index is 6.75. The van der Waals surface area contributed by atoms with Crippen LogP contribution in [0.5, 0.6) is 0 Å². The van der Waals surface area contributed by atoms with Crippen molar-refractivity contribution in [3.05, 3.63) is 176 Å². The van der Waals surface area contributed by atoms with Crippen LogP contribution < -0.4 is 0 Å². The Morgan fingerprint density at radius 2 is 0.825 bits per heavy atom. The van der Waals surface area contributed by atoms with E-state index >= 15 is 0 Å². The predicted molar refractivity (Wildman–Crippen MR) is 229 cm³/mol. The highest BCUT2D eigenvalue weighted by molar-refractivity contribution is 6.16. The van der Waals surface area contributed by atoms with Gasteiger partial charge in [-0.3, -0.25) is 0 Å². The molecular formula is C51H29N3O3. The van der Waals surface area contributed by atoms with Gasteiger partial charge in [0.1, 0.15) is 33.5 Å². The van der Waals surface area contributed by atoms with Gasteiger partial charge in [0.05, 0.1) is 0 Å². The molecular weight excluding hydrogens is 703 g/mol. The Hall–Kier alpha value is -7.83. The number of rotatable bonds is 5. The zero-order valence-corrected chi connectivity index (χ0v) is 30.3. The molecule has 12 rings (SSSR count). The molecule has 0 bridgehead atoms. The molecule has 0 N–H and O–H groups in total. The van der Waals surface area contributed by atoms with E-state index in [-0.39, 0.29) is 0 Å². The highest BCUT2D eigenvalue weighted by Gasteiger charge is 2.22. The Balaban J connectivity index is 1.09. The molecule has 0 saturated heterocycles. The van der Waals surface area contributed by atoms with Crippen LogP contribution in [-0.2, 0) is 0 Å². The maximum Gasteiger partial charge on any atom is 0.164 e. The SMILES string of the molecule is c1ccc(-c2cccc(-c3nc(-c4ccc5c(c4)oc4ccccc45)nc(-c4ccc(-c5ccc6oc7ccccc7c6c5)c5oc6ccccc6c45)n3)c2)cc1. The molecule has 4 heterocycles. The summed E-state index contributed by atoms with van der Waals surface area (Å²) in [6.45, 7) is 0. The van der Waals surface area contributed by atoms with Gasteiger partial charge in [-0.15, -0.1) is 0 Å². The van der Waals surface area contributed by atoms with E-state index in [1.54, 1.807) is 0 Å². The summed E-state index contributed by atoms with van der Waals surface area (Å²) in [5.74, 6) is 1.66. The molecule has 0 aliphatic rings.